The zero-order chi connectivity index (χ0) is 8.97. The van der Waals surface area contributed by atoms with Crippen LogP contribution >= 0.6 is 11.8 Å². The highest BCUT2D eigenvalue weighted by atomic mass is 32.2. The van der Waals surface area contributed by atoms with E-state index in [4.69, 9.17) is 10.5 Å². The summed E-state index contributed by atoms with van der Waals surface area (Å²) < 4.78 is 5.07. The van der Waals surface area contributed by atoms with Crippen molar-refractivity contribution in [1.29, 1.82) is 0 Å². The van der Waals surface area contributed by atoms with Gasteiger partial charge in [0.25, 0.3) is 0 Å². The van der Waals surface area contributed by atoms with Crippen molar-refractivity contribution in [3.05, 3.63) is 0 Å². The van der Waals surface area contributed by atoms with Crippen molar-refractivity contribution in [2.45, 2.75) is 12.1 Å². The van der Waals surface area contributed by atoms with Gasteiger partial charge in [-0.1, -0.05) is 11.8 Å². The van der Waals surface area contributed by atoms with Crippen LogP contribution in [-0.2, 0) is 0 Å². The summed E-state index contributed by atoms with van der Waals surface area (Å²) in [7, 11) is 0. The van der Waals surface area contributed by atoms with Crippen LogP contribution in [0.2, 0.25) is 0 Å². The summed E-state index contributed by atoms with van der Waals surface area (Å²) in [5.41, 5.74) is 5.41. The number of anilines is 1. The number of aromatic nitrogens is 3. The molecular formula is C6H10N4OS. The molecule has 0 spiro atoms. The Hall–Kier alpha value is -1.04. The van der Waals surface area contributed by atoms with Gasteiger partial charge in [0.1, 0.15) is 0 Å². The summed E-state index contributed by atoms with van der Waals surface area (Å²) in [6.07, 6.45) is 1.87. The van der Waals surface area contributed by atoms with E-state index in [0.29, 0.717) is 11.8 Å². The lowest BCUT2D eigenvalue weighted by molar-refractivity contribution is 0.308. The molecule has 0 saturated carbocycles. The van der Waals surface area contributed by atoms with E-state index in [0.717, 1.165) is 0 Å². The van der Waals surface area contributed by atoms with Crippen LogP contribution in [0, 0.1) is 0 Å². The van der Waals surface area contributed by atoms with Crippen LogP contribution in [0.25, 0.3) is 0 Å². The van der Waals surface area contributed by atoms with E-state index in [1.807, 2.05) is 13.2 Å². The number of nitrogens with two attached hydrogens (primary N) is 1. The Labute approximate surface area is 74.8 Å². The van der Waals surface area contributed by atoms with Crippen molar-refractivity contribution in [2.75, 3.05) is 18.6 Å². The third-order valence-electron chi connectivity index (χ3n) is 1.07. The first-order chi connectivity index (χ1) is 5.76. The number of ether oxygens (including phenoxy) is 1. The fraction of sp³-hybridized carbons (Fsp3) is 0.500. The highest BCUT2D eigenvalue weighted by Gasteiger charge is 2.02. The second-order valence-electron chi connectivity index (χ2n) is 1.90. The quantitative estimate of drug-likeness (QED) is 0.696. The van der Waals surface area contributed by atoms with Gasteiger partial charge in [-0.05, 0) is 13.2 Å². The molecule has 1 heterocycles. The number of nitrogens with zero attached hydrogens (tertiary/aromatic N) is 3. The van der Waals surface area contributed by atoms with Gasteiger partial charge in [-0.3, -0.25) is 0 Å². The first-order valence-corrected chi connectivity index (χ1v) is 4.67. The molecule has 0 atom stereocenters. The van der Waals surface area contributed by atoms with Crippen molar-refractivity contribution in [1.82, 2.24) is 15.0 Å². The van der Waals surface area contributed by atoms with Crippen molar-refractivity contribution >= 4 is 17.7 Å². The summed E-state index contributed by atoms with van der Waals surface area (Å²) in [6, 6.07) is 0.286. The molecule has 0 bridgehead atoms. The third kappa shape index (κ3) is 2.23. The number of hydrogen-bond donors (Lipinski definition) is 1. The molecule has 0 aliphatic heterocycles. The molecule has 0 aromatic carbocycles. The lowest BCUT2D eigenvalue weighted by atomic mass is 10.8. The van der Waals surface area contributed by atoms with Crippen LogP contribution in [-0.4, -0.2) is 27.8 Å². The van der Waals surface area contributed by atoms with Gasteiger partial charge in [0.05, 0.1) is 6.61 Å². The van der Waals surface area contributed by atoms with Gasteiger partial charge >= 0.3 is 6.01 Å². The van der Waals surface area contributed by atoms with Gasteiger partial charge in [0, 0.05) is 0 Å². The molecule has 0 saturated heterocycles. The van der Waals surface area contributed by atoms with Gasteiger partial charge < -0.3 is 10.5 Å². The molecule has 0 fully saturated rings. The lowest BCUT2D eigenvalue weighted by Gasteiger charge is -2.01. The maximum atomic E-state index is 5.41. The molecule has 1 aromatic heterocycles. The van der Waals surface area contributed by atoms with Gasteiger partial charge in [-0.15, -0.1) is 0 Å². The minimum absolute atomic E-state index is 0.192. The summed E-state index contributed by atoms with van der Waals surface area (Å²) >= 11 is 1.40. The number of rotatable bonds is 3. The van der Waals surface area contributed by atoms with E-state index in [1.165, 1.54) is 11.8 Å². The van der Waals surface area contributed by atoms with Crippen molar-refractivity contribution < 1.29 is 4.74 Å². The first kappa shape index (κ1) is 9.05. The van der Waals surface area contributed by atoms with Gasteiger partial charge in [-0.25, -0.2) is 0 Å². The maximum Gasteiger partial charge on any atom is 0.322 e. The Kier molecular flexibility index (Phi) is 3.09. The van der Waals surface area contributed by atoms with Crippen LogP contribution in [0.4, 0.5) is 5.95 Å². The molecular weight excluding hydrogens is 176 g/mol. The minimum atomic E-state index is 0.192. The molecule has 0 radical (unpaired) electrons. The van der Waals surface area contributed by atoms with E-state index in [1.54, 1.807) is 0 Å². The van der Waals surface area contributed by atoms with Crippen LogP contribution in [0.15, 0.2) is 5.16 Å². The zero-order valence-corrected chi connectivity index (χ0v) is 7.76. The van der Waals surface area contributed by atoms with Crippen molar-refractivity contribution in [3.8, 4) is 6.01 Å². The highest BCUT2D eigenvalue weighted by molar-refractivity contribution is 7.98. The van der Waals surface area contributed by atoms with E-state index < -0.39 is 0 Å². The zero-order valence-electron chi connectivity index (χ0n) is 6.94. The Bertz CT molecular complexity index is 268. The minimum Gasteiger partial charge on any atom is -0.464 e. The standard InChI is InChI=1S/C6H10N4OS/c1-3-11-5-8-4(7)9-6(10-5)12-2/h3H2,1-2H3,(H2,7,8,9,10). The molecule has 1 aromatic rings. The molecule has 0 aliphatic carbocycles. The Morgan fingerprint density at radius 3 is 2.75 bits per heavy atom. The van der Waals surface area contributed by atoms with E-state index in [2.05, 4.69) is 15.0 Å². The van der Waals surface area contributed by atoms with E-state index >= 15 is 0 Å². The molecule has 0 amide bonds. The van der Waals surface area contributed by atoms with Gasteiger partial charge in [-0.2, -0.15) is 15.0 Å². The first-order valence-electron chi connectivity index (χ1n) is 3.44. The molecule has 2 N–H and O–H groups in total. The molecule has 6 heteroatoms. The van der Waals surface area contributed by atoms with Crippen LogP contribution in [0.3, 0.4) is 0 Å². The molecule has 12 heavy (non-hydrogen) atoms. The molecule has 0 unspecified atom stereocenters. The van der Waals surface area contributed by atoms with Crippen molar-refractivity contribution in [3.63, 3.8) is 0 Å². The summed E-state index contributed by atoms with van der Waals surface area (Å²) in [5, 5.41) is 0.575. The average Bonchev–Trinajstić information content (AvgIpc) is 2.04. The SMILES string of the molecule is CCOc1nc(N)nc(SC)n1. The van der Waals surface area contributed by atoms with E-state index in [9.17, 15) is 0 Å². The summed E-state index contributed by atoms with van der Waals surface area (Å²) in [6.45, 7) is 2.38. The van der Waals surface area contributed by atoms with Crippen LogP contribution in [0.5, 0.6) is 6.01 Å². The molecule has 5 nitrogen and oxygen atoms in total. The maximum absolute atomic E-state index is 5.41. The number of thioether (sulfide) groups is 1. The summed E-state index contributed by atoms with van der Waals surface area (Å²) in [5.74, 6) is 0.192. The van der Waals surface area contributed by atoms with E-state index in [-0.39, 0.29) is 12.0 Å². The Morgan fingerprint density at radius 1 is 1.42 bits per heavy atom. The monoisotopic (exact) mass is 186 g/mol. The fourth-order valence-electron chi connectivity index (χ4n) is 0.638. The van der Waals surface area contributed by atoms with Crippen LogP contribution in [0.1, 0.15) is 6.92 Å². The highest BCUT2D eigenvalue weighted by Crippen LogP contribution is 2.12. The molecule has 1 rings (SSSR count). The normalized spacial score (nSPS) is 9.83. The topological polar surface area (TPSA) is 73.9 Å². The molecule has 66 valence electrons. The molecule has 0 aliphatic rings. The second-order valence-corrected chi connectivity index (χ2v) is 2.67. The average molecular weight is 186 g/mol. The lowest BCUT2D eigenvalue weighted by Crippen LogP contribution is -2.03. The van der Waals surface area contributed by atoms with Crippen LogP contribution < -0.4 is 10.5 Å². The third-order valence-corrected chi connectivity index (χ3v) is 1.62. The Morgan fingerprint density at radius 2 is 2.17 bits per heavy atom. The second kappa shape index (κ2) is 4.10. The van der Waals surface area contributed by atoms with Gasteiger partial charge in [0.15, 0.2) is 5.16 Å². The predicted octanol–water partition coefficient (Wildman–Crippen LogP) is 0.574. The Balaban J connectivity index is 2.90. The number of nitrogen functional groups attached to an aromatic ring is 1. The summed E-state index contributed by atoms with van der Waals surface area (Å²) in [4.78, 5) is 11.6. The largest absolute Gasteiger partial charge is 0.464 e. The van der Waals surface area contributed by atoms with Crippen molar-refractivity contribution in [2.24, 2.45) is 0 Å². The number of hydrogen-bond acceptors (Lipinski definition) is 6. The smallest absolute Gasteiger partial charge is 0.322 e. The predicted molar refractivity (Wildman–Crippen MR) is 47.2 cm³/mol. The fourth-order valence-corrected chi connectivity index (χ4v) is 0.992. The van der Waals surface area contributed by atoms with Gasteiger partial charge in [0.2, 0.25) is 5.95 Å².